The Balaban J connectivity index is 1.72. The van der Waals surface area contributed by atoms with E-state index in [-0.39, 0.29) is 35.3 Å². The van der Waals surface area contributed by atoms with Crippen LogP contribution in [-0.2, 0) is 25.7 Å². The summed E-state index contributed by atoms with van der Waals surface area (Å²) >= 11 is 6.82. The van der Waals surface area contributed by atoms with Gasteiger partial charge in [-0.3, -0.25) is 28.6 Å². The number of esters is 1. The highest BCUT2D eigenvalue weighted by Crippen LogP contribution is 2.37. The maximum Gasteiger partial charge on any atom is 0.309 e. The van der Waals surface area contributed by atoms with Crippen molar-refractivity contribution in [2.45, 2.75) is 97.9 Å². The number of thioether (sulfide) groups is 1. The van der Waals surface area contributed by atoms with Gasteiger partial charge in [-0.2, -0.15) is 5.26 Å². The second kappa shape index (κ2) is 17.4. The minimum atomic E-state index is -0.740. The normalized spacial score (nSPS) is 16.5. The Kier molecular flexibility index (Phi) is 13.9. The molecule has 1 aromatic heterocycles. The van der Waals surface area contributed by atoms with Crippen molar-refractivity contribution in [1.29, 1.82) is 5.26 Å². The number of aromatic nitrogens is 1. The predicted octanol–water partition coefficient (Wildman–Crippen LogP) is 5.62. The van der Waals surface area contributed by atoms with Crippen molar-refractivity contribution in [2.75, 3.05) is 31.1 Å². The molecule has 0 radical (unpaired) electrons. The zero-order valence-electron chi connectivity index (χ0n) is 26.1. The second-order valence-electron chi connectivity index (χ2n) is 11.2. The number of rotatable bonds is 16. The predicted molar refractivity (Wildman–Crippen MR) is 176 cm³/mol. The second-order valence-corrected chi connectivity index (χ2v) is 12.9. The molecule has 1 amide bonds. The van der Waals surface area contributed by atoms with E-state index in [9.17, 15) is 24.4 Å². The molecular weight excluding hydrogens is 601 g/mol. The number of nitriles is 1. The van der Waals surface area contributed by atoms with E-state index in [2.05, 4.69) is 11.0 Å². The minimum absolute atomic E-state index is 0.0561. The van der Waals surface area contributed by atoms with Crippen LogP contribution in [0.25, 0.3) is 6.08 Å². The van der Waals surface area contributed by atoms with Gasteiger partial charge in [-0.1, -0.05) is 62.5 Å². The lowest BCUT2D eigenvalue weighted by Gasteiger charge is -2.35. The molecule has 2 aliphatic rings. The van der Waals surface area contributed by atoms with Gasteiger partial charge in [0.2, 0.25) is 0 Å². The van der Waals surface area contributed by atoms with E-state index in [1.165, 1.54) is 11.8 Å². The third-order valence-electron chi connectivity index (χ3n) is 8.25. The van der Waals surface area contributed by atoms with Gasteiger partial charge in [0.1, 0.15) is 21.8 Å². The van der Waals surface area contributed by atoms with Crippen LogP contribution in [-0.4, -0.2) is 63.0 Å². The third-order valence-corrected chi connectivity index (χ3v) is 9.63. The van der Waals surface area contributed by atoms with E-state index < -0.39 is 5.97 Å². The largest absolute Gasteiger partial charge is 0.481 e. The van der Waals surface area contributed by atoms with Crippen LogP contribution in [0, 0.1) is 24.2 Å². The van der Waals surface area contributed by atoms with Gasteiger partial charge in [0.25, 0.3) is 11.5 Å². The molecule has 10 nitrogen and oxygen atoms in total. The molecule has 1 N–H and O–H groups in total. The molecule has 0 saturated carbocycles. The molecule has 0 atom stereocenters. The van der Waals surface area contributed by atoms with Crippen LogP contribution < -0.4 is 10.5 Å². The molecule has 1 aromatic rings. The van der Waals surface area contributed by atoms with Crippen LogP contribution in [0.4, 0.5) is 5.82 Å². The average Bonchev–Trinajstić information content (AvgIpc) is 3.26. The van der Waals surface area contributed by atoms with E-state index in [0.717, 1.165) is 51.4 Å². The lowest BCUT2D eigenvalue weighted by atomic mass is 9.95. The number of carbonyl (C=O) groups is 3. The monoisotopic (exact) mass is 644 g/mol. The molecular formula is C32H44N4O6S2. The first-order valence-corrected chi connectivity index (χ1v) is 16.9. The molecule has 3 heterocycles. The quantitative estimate of drug-likeness (QED) is 0.105. The summed E-state index contributed by atoms with van der Waals surface area (Å²) in [7, 11) is 0. The van der Waals surface area contributed by atoms with Gasteiger partial charge in [0.15, 0.2) is 0 Å². The van der Waals surface area contributed by atoms with Gasteiger partial charge in [0.05, 0.1) is 17.4 Å². The number of pyridine rings is 1. The highest BCUT2D eigenvalue weighted by molar-refractivity contribution is 8.26. The summed E-state index contributed by atoms with van der Waals surface area (Å²) in [4.78, 5) is 53.9. The molecule has 0 unspecified atom stereocenters. The molecule has 2 fully saturated rings. The lowest BCUT2D eigenvalue weighted by molar-refractivity contribution is -0.148. The number of carbonyl (C=O) groups excluding carboxylic acids is 2. The maximum absolute atomic E-state index is 13.5. The average molecular weight is 645 g/mol. The molecule has 12 heteroatoms. The van der Waals surface area contributed by atoms with Gasteiger partial charge >= 0.3 is 11.9 Å². The summed E-state index contributed by atoms with van der Waals surface area (Å²) in [5.74, 6) is -0.651. The Morgan fingerprint density at radius 1 is 1.07 bits per heavy atom. The number of hydrogen-bond acceptors (Lipinski definition) is 9. The van der Waals surface area contributed by atoms with E-state index in [1.807, 2.05) is 6.92 Å². The van der Waals surface area contributed by atoms with Crippen molar-refractivity contribution in [2.24, 2.45) is 5.92 Å². The Morgan fingerprint density at radius 3 is 2.25 bits per heavy atom. The molecule has 0 spiro atoms. The van der Waals surface area contributed by atoms with Crippen molar-refractivity contribution in [3.63, 3.8) is 0 Å². The molecule has 44 heavy (non-hydrogen) atoms. The van der Waals surface area contributed by atoms with Crippen molar-refractivity contribution < 1.29 is 24.2 Å². The maximum atomic E-state index is 13.5. The summed E-state index contributed by atoms with van der Waals surface area (Å²) < 4.78 is 7.31. The van der Waals surface area contributed by atoms with Gasteiger partial charge in [-0.25, -0.2) is 0 Å². The van der Waals surface area contributed by atoms with Crippen LogP contribution in [0.5, 0.6) is 0 Å². The number of carboxylic acids is 1. The Morgan fingerprint density at radius 2 is 1.68 bits per heavy atom. The SMILES string of the molecule is CCOC(=O)C1CCN(c2c(C=C3SC(=S)N(CCCCCCCCCCC(=O)O)C3=O)c(C)c(C#N)c(=O)n2CC)CC1. The summed E-state index contributed by atoms with van der Waals surface area (Å²) in [6, 6.07) is 2.07. The van der Waals surface area contributed by atoms with E-state index in [4.69, 9.17) is 22.1 Å². The number of hydrogen-bond donors (Lipinski definition) is 1. The molecule has 3 rings (SSSR count). The van der Waals surface area contributed by atoms with E-state index in [0.29, 0.717) is 71.8 Å². The number of thiocarbonyl (C=S) groups is 1. The zero-order valence-corrected chi connectivity index (χ0v) is 27.7. The van der Waals surface area contributed by atoms with Gasteiger partial charge in [-0.05, 0) is 58.1 Å². The first-order valence-electron chi connectivity index (χ1n) is 15.7. The smallest absolute Gasteiger partial charge is 0.309 e. The molecule has 0 aromatic carbocycles. The van der Waals surface area contributed by atoms with Gasteiger partial charge < -0.3 is 14.7 Å². The fraction of sp³-hybridized carbons (Fsp3) is 0.625. The summed E-state index contributed by atoms with van der Waals surface area (Å²) in [6.45, 7) is 7.69. The molecule has 0 bridgehead atoms. The summed E-state index contributed by atoms with van der Waals surface area (Å²) in [6.07, 6.45) is 10.9. The minimum Gasteiger partial charge on any atom is -0.481 e. The Labute approximate surface area is 269 Å². The number of unbranched alkanes of at least 4 members (excludes halogenated alkanes) is 7. The van der Waals surface area contributed by atoms with E-state index >= 15 is 0 Å². The van der Waals surface area contributed by atoms with Crippen LogP contribution >= 0.6 is 24.0 Å². The first-order chi connectivity index (χ1) is 21.1. The van der Waals surface area contributed by atoms with Crippen LogP contribution in [0.3, 0.4) is 0 Å². The van der Waals surface area contributed by atoms with E-state index in [1.54, 1.807) is 29.4 Å². The van der Waals surface area contributed by atoms with Crippen LogP contribution in [0.1, 0.15) is 101 Å². The zero-order chi connectivity index (χ0) is 32.2. The fourth-order valence-electron chi connectivity index (χ4n) is 5.80. The number of aliphatic carboxylic acids is 1. The topological polar surface area (TPSA) is 133 Å². The lowest BCUT2D eigenvalue weighted by Crippen LogP contribution is -2.41. The molecule has 2 saturated heterocycles. The van der Waals surface area contributed by atoms with Crippen molar-refractivity contribution in [1.82, 2.24) is 9.47 Å². The van der Waals surface area contributed by atoms with Crippen molar-refractivity contribution in [3.05, 3.63) is 31.9 Å². The highest BCUT2D eigenvalue weighted by Gasteiger charge is 2.34. The summed E-state index contributed by atoms with van der Waals surface area (Å²) in [5.41, 5.74) is 0.875. The highest BCUT2D eigenvalue weighted by atomic mass is 32.2. The Bertz CT molecular complexity index is 1360. The van der Waals surface area contributed by atoms with Crippen LogP contribution in [0.15, 0.2) is 9.70 Å². The molecule has 2 aliphatic heterocycles. The number of nitrogens with zero attached hydrogens (tertiary/aromatic N) is 4. The number of anilines is 1. The van der Waals surface area contributed by atoms with Crippen molar-refractivity contribution >= 4 is 58.0 Å². The van der Waals surface area contributed by atoms with Gasteiger partial charge in [0, 0.05) is 38.2 Å². The van der Waals surface area contributed by atoms with Crippen molar-refractivity contribution in [3.8, 4) is 6.07 Å². The standard InChI is InChI=1S/C32H44N4O6S2/c1-4-35-28(34-18-15-23(16-19-34)31(41)42-5-2)24(22(3)25(21-33)29(35)39)20-26-30(40)36(32(43)44-26)17-13-11-9-7-6-8-10-12-14-27(37)38/h20,23H,4-19H2,1-3H3,(H,37,38). The first kappa shape index (κ1) is 35.3. The molecule has 240 valence electrons. The number of ether oxygens (including phenoxy) is 1. The third kappa shape index (κ3) is 8.94. The van der Waals surface area contributed by atoms with Gasteiger partial charge in [-0.15, -0.1) is 0 Å². The summed E-state index contributed by atoms with van der Waals surface area (Å²) in [5, 5.41) is 18.6. The number of amides is 1. The number of piperidine rings is 1. The fourth-order valence-corrected chi connectivity index (χ4v) is 7.09. The number of carboxylic acid groups (broad SMARTS) is 1. The Hall–Kier alpha value is -3.17. The van der Waals surface area contributed by atoms with Crippen LogP contribution in [0.2, 0.25) is 0 Å². The molecule has 0 aliphatic carbocycles.